The molecule has 0 aliphatic carbocycles. The highest BCUT2D eigenvalue weighted by Crippen LogP contribution is 2.28. The van der Waals surface area contributed by atoms with Gasteiger partial charge in [-0.3, -0.25) is 0 Å². The standard InChI is InChI=1S/C9H5F3N2OS2/c10-9(11,12)15-6-3-1-5(2-4-6)7-13-14-8(16)17-7/h1-4H,(H,14,16). The Hall–Kier alpha value is -1.28. The van der Waals surface area contributed by atoms with E-state index in [4.69, 9.17) is 0 Å². The van der Waals surface area contributed by atoms with Crippen molar-refractivity contribution < 1.29 is 17.9 Å². The van der Waals surface area contributed by atoms with Gasteiger partial charge in [0, 0.05) is 5.56 Å². The first-order chi connectivity index (χ1) is 7.94. The second-order valence-electron chi connectivity index (χ2n) is 2.96. The Kier molecular flexibility index (Phi) is 3.25. The number of nitrogens with zero attached hydrogens (tertiary/aromatic N) is 2. The lowest BCUT2D eigenvalue weighted by Crippen LogP contribution is -2.16. The van der Waals surface area contributed by atoms with Crippen LogP contribution in [0.2, 0.25) is 0 Å². The maximum atomic E-state index is 11.9. The summed E-state index contributed by atoms with van der Waals surface area (Å²) in [6.45, 7) is 0. The molecule has 3 nitrogen and oxygen atoms in total. The molecule has 0 aliphatic rings. The quantitative estimate of drug-likeness (QED) is 0.855. The molecule has 17 heavy (non-hydrogen) atoms. The third kappa shape index (κ3) is 3.34. The molecule has 0 saturated heterocycles. The van der Waals surface area contributed by atoms with Crippen LogP contribution in [0.25, 0.3) is 10.6 Å². The van der Waals surface area contributed by atoms with E-state index >= 15 is 0 Å². The molecule has 0 fully saturated rings. The summed E-state index contributed by atoms with van der Waals surface area (Å²) in [4.78, 5) is 0. The van der Waals surface area contributed by atoms with Crippen LogP contribution in [0.4, 0.5) is 13.2 Å². The normalized spacial score (nSPS) is 11.5. The van der Waals surface area contributed by atoms with Crippen molar-refractivity contribution in [2.75, 3.05) is 0 Å². The SMILES string of the molecule is FC(F)(F)Oc1ccc(-c2nnc(S)s2)cc1. The Morgan fingerprint density at radius 1 is 1.12 bits per heavy atom. The molecule has 1 aromatic heterocycles. The van der Waals surface area contributed by atoms with Gasteiger partial charge in [0.25, 0.3) is 0 Å². The Bertz CT molecular complexity index is 510. The number of thiol groups is 1. The van der Waals surface area contributed by atoms with Crippen LogP contribution in [-0.4, -0.2) is 16.6 Å². The Morgan fingerprint density at radius 3 is 2.24 bits per heavy atom. The number of alkyl halides is 3. The van der Waals surface area contributed by atoms with E-state index in [9.17, 15) is 13.2 Å². The average molecular weight is 278 g/mol. The van der Waals surface area contributed by atoms with Crippen molar-refractivity contribution in [3.8, 4) is 16.3 Å². The minimum Gasteiger partial charge on any atom is -0.406 e. The average Bonchev–Trinajstić information content (AvgIpc) is 2.63. The van der Waals surface area contributed by atoms with Gasteiger partial charge >= 0.3 is 6.36 Å². The first-order valence-electron chi connectivity index (χ1n) is 4.33. The summed E-state index contributed by atoms with van der Waals surface area (Å²) in [5.41, 5.74) is 0.664. The van der Waals surface area contributed by atoms with Crippen LogP contribution in [0.15, 0.2) is 28.6 Å². The maximum Gasteiger partial charge on any atom is 0.573 e. The molecular weight excluding hydrogens is 273 g/mol. The summed E-state index contributed by atoms with van der Waals surface area (Å²) >= 11 is 5.24. The fraction of sp³-hybridized carbons (Fsp3) is 0.111. The van der Waals surface area contributed by atoms with Crippen LogP contribution in [0.3, 0.4) is 0 Å². The molecule has 0 saturated carbocycles. The second-order valence-corrected chi connectivity index (χ2v) is 4.67. The van der Waals surface area contributed by atoms with Crippen LogP contribution in [0.1, 0.15) is 0 Å². The van der Waals surface area contributed by atoms with Gasteiger partial charge in [-0.2, -0.15) is 0 Å². The first-order valence-corrected chi connectivity index (χ1v) is 5.59. The van der Waals surface area contributed by atoms with Crippen molar-refractivity contribution >= 4 is 24.0 Å². The number of benzene rings is 1. The Balaban J connectivity index is 2.19. The van der Waals surface area contributed by atoms with E-state index in [1.54, 1.807) is 0 Å². The van der Waals surface area contributed by atoms with E-state index in [1.165, 1.54) is 35.6 Å². The number of hydrogen-bond donors (Lipinski definition) is 1. The van der Waals surface area contributed by atoms with Crippen LogP contribution in [0, 0.1) is 0 Å². The van der Waals surface area contributed by atoms with E-state index < -0.39 is 6.36 Å². The first kappa shape index (κ1) is 12.2. The molecule has 0 unspecified atom stereocenters. The number of aromatic nitrogens is 2. The highest BCUT2D eigenvalue weighted by Gasteiger charge is 2.30. The zero-order valence-electron chi connectivity index (χ0n) is 8.10. The van der Waals surface area contributed by atoms with E-state index in [2.05, 4.69) is 27.6 Å². The van der Waals surface area contributed by atoms with Gasteiger partial charge in [-0.15, -0.1) is 36.0 Å². The smallest absolute Gasteiger partial charge is 0.406 e. The van der Waals surface area contributed by atoms with Crippen LogP contribution < -0.4 is 4.74 Å². The Labute approximate surface area is 104 Å². The summed E-state index contributed by atoms with van der Waals surface area (Å²) in [7, 11) is 0. The maximum absolute atomic E-state index is 11.9. The fourth-order valence-electron chi connectivity index (χ4n) is 1.13. The fourth-order valence-corrected chi connectivity index (χ4v) is 2.03. The van der Waals surface area contributed by atoms with Crippen molar-refractivity contribution in [1.82, 2.24) is 10.2 Å². The zero-order chi connectivity index (χ0) is 12.5. The number of ether oxygens (including phenoxy) is 1. The van der Waals surface area contributed by atoms with Crippen LogP contribution >= 0.6 is 24.0 Å². The molecule has 0 bridgehead atoms. The number of rotatable bonds is 2. The molecule has 8 heteroatoms. The summed E-state index contributed by atoms with van der Waals surface area (Å²) in [5.74, 6) is -0.267. The van der Waals surface area contributed by atoms with Gasteiger partial charge in [-0.05, 0) is 24.3 Å². The van der Waals surface area contributed by atoms with Crippen molar-refractivity contribution in [2.24, 2.45) is 0 Å². The number of halogens is 3. The summed E-state index contributed by atoms with van der Waals surface area (Å²) in [5, 5.41) is 8.11. The van der Waals surface area contributed by atoms with Gasteiger partial charge in [-0.25, -0.2) is 0 Å². The van der Waals surface area contributed by atoms with Crippen molar-refractivity contribution in [3.63, 3.8) is 0 Å². The van der Waals surface area contributed by atoms with Gasteiger partial charge < -0.3 is 4.74 Å². The van der Waals surface area contributed by atoms with Crippen LogP contribution in [0.5, 0.6) is 5.75 Å². The van der Waals surface area contributed by atoms with Gasteiger partial charge in [-0.1, -0.05) is 11.3 Å². The molecule has 0 spiro atoms. The summed E-state index contributed by atoms with van der Waals surface area (Å²) in [6, 6.07) is 5.41. The van der Waals surface area contributed by atoms with Crippen molar-refractivity contribution in [1.29, 1.82) is 0 Å². The monoisotopic (exact) mass is 278 g/mol. The van der Waals surface area contributed by atoms with Crippen molar-refractivity contribution in [3.05, 3.63) is 24.3 Å². The van der Waals surface area contributed by atoms with E-state index in [0.29, 0.717) is 14.9 Å². The minimum atomic E-state index is -4.68. The molecule has 0 aliphatic heterocycles. The predicted molar refractivity (Wildman–Crippen MR) is 59.3 cm³/mol. The highest BCUT2D eigenvalue weighted by atomic mass is 32.2. The molecule has 0 atom stereocenters. The third-order valence-electron chi connectivity index (χ3n) is 1.75. The molecule has 2 aromatic rings. The summed E-state index contributed by atoms with van der Waals surface area (Å²) in [6.07, 6.45) is -4.68. The largest absolute Gasteiger partial charge is 0.573 e. The minimum absolute atomic E-state index is 0.267. The van der Waals surface area contributed by atoms with Gasteiger partial charge in [0.1, 0.15) is 10.8 Å². The van der Waals surface area contributed by atoms with E-state index in [0.717, 1.165) is 0 Å². The molecule has 0 N–H and O–H groups in total. The van der Waals surface area contributed by atoms with E-state index in [-0.39, 0.29) is 5.75 Å². The van der Waals surface area contributed by atoms with Gasteiger partial charge in [0.05, 0.1) is 0 Å². The number of hydrogen-bond acceptors (Lipinski definition) is 5. The second kappa shape index (κ2) is 4.53. The Morgan fingerprint density at radius 2 is 1.76 bits per heavy atom. The van der Waals surface area contributed by atoms with E-state index in [1.807, 2.05) is 0 Å². The molecule has 0 radical (unpaired) electrons. The highest BCUT2D eigenvalue weighted by molar-refractivity contribution is 7.82. The van der Waals surface area contributed by atoms with Gasteiger partial charge in [0.15, 0.2) is 4.34 Å². The lowest BCUT2D eigenvalue weighted by molar-refractivity contribution is -0.274. The molecule has 1 aromatic carbocycles. The zero-order valence-corrected chi connectivity index (χ0v) is 9.81. The van der Waals surface area contributed by atoms with Crippen LogP contribution in [-0.2, 0) is 0 Å². The topological polar surface area (TPSA) is 35.0 Å². The predicted octanol–water partition coefficient (Wildman–Crippen LogP) is 3.39. The molecule has 0 amide bonds. The molecule has 1 heterocycles. The molecule has 2 rings (SSSR count). The molecule has 90 valence electrons. The third-order valence-corrected chi connectivity index (χ3v) is 2.89. The van der Waals surface area contributed by atoms with Gasteiger partial charge in [0.2, 0.25) is 0 Å². The molecular formula is C9H5F3N2OS2. The van der Waals surface area contributed by atoms with Crippen molar-refractivity contribution in [2.45, 2.75) is 10.7 Å². The lowest BCUT2D eigenvalue weighted by Gasteiger charge is -2.08. The lowest BCUT2D eigenvalue weighted by atomic mass is 10.2. The summed E-state index contributed by atoms with van der Waals surface area (Å²) < 4.78 is 40.0.